The molecule has 0 bridgehead atoms. The van der Waals surface area contributed by atoms with Gasteiger partial charge in [-0.3, -0.25) is 9.97 Å². The van der Waals surface area contributed by atoms with Crippen LogP contribution in [-0.2, 0) is 4.79 Å². The zero-order chi connectivity index (χ0) is 11.6. The van der Waals surface area contributed by atoms with Gasteiger partial charge >= 0.3 is 5.97 Å². The lowest BCUT2D eigenvalue weighted by Crippen LogP contribution is -2.46. The highest BCUT2D eigenvalue weighted by Gasteiger charge is 2.40. The first-order valence-corrected chi connectivity index (χ1v) is 5.14. The second-order valence-electron chi connectivity index (χ2n) is 3.82. The number of carboxylic acid groups (broad SMARTS) is 1. The molecule has 1 aliphatic heterocycles. The molecule has 5 heteroatoms. The van der Waals surface area contributed by atoms with Crippen molar-refractivity contribution in [1.29, 1.82) is 0 Å². The summed E-state index contributed by atoms with van der Waals surface area (Å²) in [6, 6.07) is 0. The number of aromatic nitrogens is 2. The van der Waals surface area contributed by atoms with Crippen LogP contribution in [0.15, 0.2) is 24.8 Å². The van der Waals surface area contributed by atoms with E-state index < -0.39 is 11.5 Å². The van der Waals surface area contributed by atoms with Gasteiger partial charge in [0.25, 0.3) is 0 Å². The molecule has 1 unspecified atom stereocenters. The molecule has 0 aromatic carbocycles. The minimum absolute atomic E-state index is 0.442. The van der Waals surface area contributed by atoms with Crippen LogP contribution in [0.3, 0.4) is 0 Å². The highest BCUT2D eigenvalue weighted by molar-refractivity contribution is 5.84. The van der Waals surface area contributed by atoms with E-state index in [1.165, 1.54) is 0 Å². The Morgan fingerprint density at radius 3 is 2.94 bits per heavy atom. The number of aliphatic carboxylic acids is 1. The van der Waals surface area contributed by atoms with E-state index in [4.69, 9.17) is 0 Å². The number of nitrogens with zero attached hydrogens (tertiary/aromatic N) is 2. The molecule has 0 saturated carbocycles. The van der Waals surface area contributed by atoms with E-state index in [0.717, 1.165) is 11.3 Å². The topological polar surface area (TPSA) is 75.1 Å². The summed E-state index contributed by atoms with van der Waals surface area (Å²) in [5, 5.41) is 12.1. The van der Waals surface area contributed by atoms with Gasteiger partial charge in [-0.25, -0.2) is 4.79 Å². The molecule has 16 heavy (non-hydrogen) atoms. The standard InChI is InChI=1S/C11H13N3O2/c1-2-11(10(15)16)5-8(6-14-11)9-7-12-3-4-13-9/h3-4,6-7,14H,2,5H2,1H3,(H,15,16). The summed E-state index contributed by atoms with van der Waals surface area (Å²) >= 11 is 0. The molecule has 0 spiro atoms. The number of carbonyl (C=O) groups is 1. The lowest BCUT2D eigenvalue weighted by Gasteiger charge is -2.23. The summed E-state index contributed by atoms with van der Waals surface area (Å²) in [4.78, 5) is 19.3. The molecule has 2 rings (SSSR count). The van der Waals surface area contributed by atoms with Crippen molar-refractivity contribution in [2.45, 2.75) is 25.3 Å². The molecule has 2 heterocycles. The van der Waals surface area contributed by atoms with Crippen molar-refractivity contribution in [1.82, 2.24) is 15.3 Å². The Kier molecular flexibility index (Phi) is 2.60. The van der Waals surface area contributed by atoms with Crippen molar-refractivity contribution >= 4 is 11.5 Å². The Hall–Kier alpha value is -1.91. The molecule has 0 aliphatic carbocycles. The molecule has 84 valence electrons. The molecular formula is C11H13N3O2. The van der Waals surface area contributed by atoms with Crippen LogP contribution in [-0.4, -0.2) is 26.6 Å². The highest BCUT2D eigenvalue weighted by atomic mass is 16.4. The Morgan fingerprint density at radius 2 is 2.44 bits per heavy atom. The van der Waals surface area contributed by atoms with Gasteiger partial charge in [0.05, 0.1) is 11.9 Å². The Balaban J connectivity index is 2.22. The van der Waals surface area contributed by atoms with E-state index in [-0.39, 0.29) is 0 Å². The summed E-state index contributed by atoms with van der Waals surface area (Å²) in [7, 11) is 0. The van der Waals surface area contributed by atoms with Crippen molar-refractivity contribution in [3.05, 3.63) is 30.5 Å². The van der Waals surface area contributed by atoms with Crippen LogP contribution in [0.5, 0.6) is 0 Å². The third kappa shape index (κ3) is 1.64. The smallest absolute Gasteiger partial charge is 0.329 e. The molecule has 2 N–H and O–H groups in total. The zero-order valence-electron chi connectivity index (χ0n) is 8.97. The van der Waals surface area contributed by atoms with Gasteiger partial charge < -0.3 is 10.4 Å². The Morgan fingerprint density at radius 1 is 1.62 bits per heavy atom. The molecule has 0 fully saturated rings. The van der Waals surface area contributed by atoms with Gasteiger partial charge in [-0.1, -0.05) is 6.92 Å². The van der Waals surface area contributed by atoms with Crippen LogP contribution >= 0.6 is 0 Å². The molecular weight excluding hydrogens is 206 g/mol. The van der Waals surface area contributed by atoms with Gasteiger partial charge in [-0.15, -0.1) is 0 Å². The average Bonchev–Trinajstić information content (AvgIpc) is 2.76. The second-order valence-corrected chi connectivity index (χ2v) is 3.82. The number of hydrogen-bond donors (Lipinski definition) is 2. The third-order valence-corrected chi connectivity index (χ3v) is 2.92. The molecule has 5 nitrogen and oxygen atoms in total. The monoisotopic (exact) mass is 219 g/mol. The molecule has 1 aliphatic rings. The van der Waals surface area contributed by atoms with Crippen molar-refractivity contribution in [2.75, 3.05) is 0 Å². The fourth-order valence-corrected chi connectivity index (χ4v) is 1.80. The predicted octanol–water partition coefficient (Wildman–Crippen LogP) is 1.04. The van der Waals surface area contributed by atoms with E-state index in [0.29, 0.717) is 12.8 Å². The molecule has 0 saturated heterocycles. The normalized spacial score (nSPS) is 23.7. The molecule has 1 atom stereocenters. The van der Waals surface area contributed by atoms with E-state index in [1.807, 2.05) is 6.92 Å². The van der Waals surface area contributed by atoms with Crippen molar-refractivity contribution < 1.29 is 9.90 Å². The summed E-state index contributed by atoms with van der Waals surface area (Å²) in [6.45, 7) is 1.86. The van der Waals surface area contributed by atoms with Gasteiger partial charge in [-0.05, 0) is 12.0 Å². The van der Waals surface area contributed by atoms with Crippen LogP contribution in [0, 0.1) is 0 Å². The highest BCUT2D eigenvalue weighted by Crippen LogP contribution is 2.31. The van der Waals surface area contributed by atoms with Crippen LogP contribution in [0.4, 0.5) is 0 Å². The van der Waals surface area contributed by atoms with Crippen molar-refractivity contribution in [2.24, 2.45) is 0 Å². The lowest BCUT2D eigenvalue weighted by molar-refractivity contribution is -0.144. The minimum atomic E-state index is -0.882. The number of hydrogen-bond acceptors (Lipinski definition) is 4. The van der Waals surface area contributed by atoms with Crippen LogP contribution in [0.25, 0.3) is 5.57 Å². The third-order valence-electron chi connectivity index (χ3n) is 2.92. The zero-order valence-corrected chi connectivity index (χ0v) is 8.97. The van der Waals surface area contributed by atoms with Gasteiger partial charge in [0.2, 0.25) is 0 Å². The maximum atomic E-state index is 11.2. The summed E-state index contributed by atoms with van der Waals surface area (Å²) in [6.07, 6.45) is 7.53. The molecule has 1 aromatic heterocycles. The molecule has 0 amide bonds. The van der Waals surface area contributed by atoms with E-state index in [2.05, 4.69) is 15.3 Å². The number of carboxylic acids is 1. The minimum Gasteiger partial charge on any atom is -0.479 e. The summed E-state index contributed by atoms with van der Waals surface area (Å²) in [5.41, 5.74) is 0.733. The fourth-order valence-electron chi connectivity index (χ4n) is 1.80. The largest absolute Gasteiger partial charge is 0.479 e. The Bertz CT molecular complexity index is 430. The fraction of sp³-hybridized carbons (Fsp3) is 0.364. The number of rotatable bonds is 3. The van der Waals surface area contributed by atoms with Gasteiger partial charge in [0.1, 0.15) is 5.54 Å². The first-order chi connectivity index (χ1) is 7.68. The van der Waals surface area contributed by atoms with Gasteiger partial charge in [0.15, 0.2) is 0 Å². The SMILES string of the molecule is CCC1(C(=O)O)CC(c2cnccn2)=CN1. The van der Waals surface area contributed by atoms with E-state index >= 15 is 0 Å². The van der Waals surface area contributed by atoms with E-state index in [1.54, 1.807) is 24.8 Å². The van der Waals surface area contributed by atoms with Crippen LogP contribution in [0.2, 0.25) is 0 Å². The van der Waals surface area contributed by atoms with Crippen LogP contribution in [0.1, 0.15) is 25.5 Å². The second kappa shape index (κ2) is 3.92. The number of nitrogens with one attached hydrogen (secondary N) is 1. The summed E-state index contributed by atoms with van der Waals surface area (Å²) < 4.78 is 0. The maximum absolute atomic E-state index is 11.2. The molecule has 0 radical (unpaired) electrons. The first-order valence-electron chi connectivity index (χ1n) is 5.14. The first kappa shape index (κ1) is 10.6. The van der Waals surface area contributed by atoms with Gasteiger partial charge in [-0.2, -0.15) is 0 Å². The molecule has 1 aromatic rings. The average molecular weight is 219 g/mol. The van der Waals surface area contributed by atoms with Crippen LogP contribution < -0.4 is 5.32 Å². The van der Waals surface area contributed by atoms with Crippen molar-refractivity contribution in [3.8, 4) is 0 Å². The summed E-state index contributed by atoms with van der Waals surface area (Å²) in [5.74, 6) is -0.829. The Labute approximate surface area is 93.2 Å². The van der Waals surface area contributed by atoms with E-state index in [9.17, 15) is 9.90 Å². The maximum Gasteiger partial charge on any atom is 0.329 e. The lowest BCUT2D eigenvalue weighted by atomic mass is 9.91. The van der Waals surface area contributed by atoms with Crippen molar-refractivity contribution in [3.63, 3.8) is 0 Å². The van der Waals surface area contributed by atoms with Gasteiger partial charge in [0, 0.05) is 25.0 Å². The quantitative estimate of drug-likeness (QED) is 0.794. The predicted molar refractivity (Wildman–Crippen MR) is 58.4 cm³/mol.